The summed E-state index contributed by atoms with van der Waals surface area (Å²) in [6.45, 7) is 2.11. The summed E-state index contributed by atoms with van der Waals surface area (Å²) in [4.78, 5) is -0.896. The molecule has 0 saturated carbocycles. The molecule has 13 heteroatoms. The van der Waals surface area contributed by atoms with Crippen molar-refractivity contribution < 1.29 is 30.0 Å². The largest absolute Gasteiger partial charge is 0.400 e. The van der Waals surface area contributed by atoms with Crippen LogP contribution in [0.15, 0.2) is 33.4 Å². The molecule has 0 fully saturated rings. The molecule has 1 atom stereocenters. The molecule has 1 unspecified atom stereocenters. The van der Waals surface area contributed by atoms with E-state index in [0.29, 0.717) is 6.42 Å². The van der Waals surface area contributed by atoms with Gasteiger partial charge < -0.3 is 10.6 Å². The Morgan fingerprint density at radius 3 is 2.13 bits per heavy atom. The second-order valence-corrected chi connectivity index (χ2v) is 10.8. The standard InChI is InChI=1S/C18H31F3N4O4S2/c1-4-5-6-7-8-9-10-24-31(28,29)14-11-13(12-25(2)3)15(18(19,20)21)17(16(14)22)30(23,26)27/h11-12,15,24H,4-10,22H2,1-3H3,(H2,23,26,27). The Hall–Kier alpha value is -1.57. The first-order valence-electron chi connectivity index (χ1n) is 9.82. The van der Waals surface area contributed by atoms with Crippen LogP contribution in [0.5, 0.6) is 0 Å². The molecule has 0 aromatic rings. The van der Waals surface area contributed by atoms with Crippen molar-refractivity contribution >= 4 is 20.0 Å². The third kappa shape index (κ3) is 7.81. The molecule has 0 heterocycles. The molecule has 0 aromatic carbocycles. The summed E-state index contributed by atoms with van der Waals surface area (Å²) < 4.78 is 93.0. The lowest BCUT2D eigenvalue weighted by Crippen LogP contribution is -2.39. The molecule has 0 spiro atoms. The molecule has 0 saturated heterocycles. The van der Waals surface area contributed by atoms with Crippen molar-refractivity contribution in [3.63, 3.8) is 0 Å². The fraction of sp³-hybridized carbons (Fsp3) is 0.667. The lowest BCUT2D eigenvalue weighted by molar-refractivity contribution is -0.152. The quantitative estimate of drug-likeness (QED) is 0.382. The molecule has 8 nitrogen and oxygen atoms in total. The van der Waals surface area contributed by atoms with Gasteiger partial charge in [0, 0.05) is 26.8 Å². The Balaban J connectivity index is 3.32. The fourth-order valence-electron chi connectivity index (χ4n) is 3.22. The highest BCUT2D eigenvalue weighted by atomic mass is 32.2. The molecule has 180 valence electrons. The number of primary sulfonamides is 1. The van der Waals surface area contributed by atoms with Crippen molar-refractivity contribution in [1.82, 2.24) is 9.62 Å². The number of nitrogens with zero attached hydrogens (tertiary/aromatic N) is 1. The zero-order chi connectivity index (χ0) is 24.0. The molecule has 1 aliphatic rings. The van der Waals surface area contributed by atoms with Crippen LogP contribution in [-0.2, 0) is 20.0 Å². The second kappa shape index (κ2) is 10.8. The molecule has 0 amide bonds. The van der Waals surface area contributed by atoms with Crippen molar-refractivity contribution in [2.75, 3.05) is 20.6 Å². The smallest absolute Gasteiger partial charge is 0.397 e. The SMILES string of the molecule is CCCCCCCCNS(=O)(=O)C1=CC(=CN(C)C)C(C(F)(F)F)C(S(N)(=O)=O)=C1N. The third-order valence-electron chi connectivity index (χ3n) is 4.58. The van der Waals surface area contributed by atoms with Gasteiger partial charge in [-0.05, 0) is 18.1 Å². The summed E-state index contributed by atoms with van der Waals surface area (Å²) in [7, 11) is -6.52. The van der Waals surface area contributed by atoms with Crippen LogP contribution < -0.4 is 15.6 Å². The van der Waals surface area contributed by atoms with Crippen molar-refractivity contribution in [1.29, 1.82) is 0 Å². The Morgan fingerprint density at radius 1 is 1.10 bits per heavy atom. The Morgan fingerprint density at radius 2 is 1.65 bits per heavy atom. The normalized spacial score (nSPS) is 19.6. The molecule has 0 aliphatic heterocycles. The minimum atomic E-state index is -5.06. The minimum Gasteiger partial charge on any atom is -0.397 e. The van der Waals surface area contributed by atoms with E-state index < -0.39 is 53.2 Å². The van der Waals surface area contributed by atoms with E-state index in [-0.39, 0.29) is 6.54 Å². The number of rotatable bonds is 11. The zero-order valence-electron chi connectivity index (χ0n) is 17.9. The first-order chi connectivity index (χ1) is 14.1. The number of nitrogens with one attached hydrogen (secondary N) is 1. The van der Waals surface area contributed by atoms with Crippen LogP contribution in [0, 0.1) is 5.92 Å². The van der Waals surface area contributed by atoms with Gasteiger partial charge in [0.15, 0.2) is 0 Å². The first kappa shape index (κ1) is 27.5. The van der Waals surface area contributed by atoms with Crippen molar-refractivity contribution in [2.45, 2.75) is 51.6 Å². The van der Waals surface area contributed by atoms with Crippen molar-refractivity contribution in [3.8, 4) is 0 Å². The zero-order valence-corrected chi connectivity index (χ0v) is 19.5. The predicted molar refractivity (Wildman–Crippen MR) is 114 cm³/mol. The van der Waals surface area contributed by atoms with E-state index in [1.54, 1.807) is 0 Å². The number of halogens is 3. The third-order valence-corrected chi connectivity index (χ3v) is 7.15. The number of hydrogen-bond donors (Lipinski definition) is 3. The van der Waals surface area contributed by atoms with E-state index in [2.05, 4.69) is 11.6 Å². The van der Waals surface area contributed by atoms with Gasteiger partial charge in [0.2, 0.25) is 20.0 Å². The van der Waals surface area contributed by atoms with Crippen LogP contribution in [0.1, 0.15) is 45.4 Å². The molecular formula is C18H31F3N4O4S2. The van der Waals surface area contributed by atoms with Crippen LogP contribution in [0.2, 0.25) is 0 Å². The topological polar surface area (TPSA) is 136 Å². The molecule has 0 bridgehead atoms. The number of unbranched alkanes of at least 4 members (excludes halogenated alkanes) is 5. The first-order valence-corrected chi connectivity index (χ1v) is 12.8. The van der Waals surface area contributed by atoms with Gasteiger partial charge in [-0.3, -0.25) is 0 Å². The average molecular weight is 489 g/mol. The maximum Gasteiger partial charge on any atom is 0.400 e. The lowest BCUT2D eigenvalue weighted by atomic mass is 9.92. The van der Waals surface area contributed by atoms with E-state index in [4.69, 9.17) is 10.9 Å². The number of alkyl halides is 3. The van der Waals surface area contributed by atoms with Gasteiger partial charge in [-0.25, -0.2) is 26.7 Å². The Labute approximate surface area is 182 Å². The summed E-state index contributed by atoms with van der Waals surface area (Å²) >= 11 is 0. The maximum atomic E-state index is 13.7. The summed E-state index contributed by atoms with van der Waals surface area (Å²) in [6, 6.07) is 0. The van der Waals surface area contributed by atoms with Crippen molar-refractivity contribution in [3.05, 3.63) is 33.4 Å². The van der Waals surface area contributed by atoms with Gasteiger partial charge in [0.05, 0.1) is 5.70 Å². The Bertz CT molecular complexity index is 937. The van der Waals surface area contributed by atoms with Gasteiger partial charge in [-0.1, -0.05) is 39.0 Å². The van der Waals surface area contributed by atoms with Gasteiger partial charge >= 0.3 is 6.18 Å². The van der Waals surface area contributed by atoms with Crippen LogP contribution in [0.3, 0.4) is 0 Å². The molecule has 5 N–H and O–H groups in total. The maximum absolute atomic E-state index is 13.7. The highest BCUT2D eigenvalue weighted by Crippen LogP contribution is 2.45. The fourth-order valence-corrected chi connectivity index (χ4v) is 5.56. The predicted octanol–water partition coefficient (Wildman–Crippen LogP) is 2.25. The summed E-state index contributed by atoms with van der Waals surface area (Å²) in [6.07, 6.45) is 2.07. The molecule has 1 rings (SSSR count). The Kier molecular flexibility index (Phi) is 9.60. The van der Waals surface area contributed by atoms with Crippen LogP contribution >= 0.6 is 0 Å². The summed E-state index contributed by atoms with van der Waals surface area (Å²) in [5, 5.41) is 5.02. The van der Waals surface area contributed by atoms with Gasteiger partial charge in [-0.15, -0.1) is 0 Å². The second-order valence-electron chi connectivity index (χ2n) is 7.56. The minimum absolute atomic E-state index is 0.0409. The molecule has 0 radical (unpaired) electrons. The monoisotopic (exact) mass is 488 g/mol. The van der Waals surface area contributed by atoms with Gasteiger partial charge in [0.25, 0.3) is 0 Å². The van der Waals surface area contributed by atoms with Gasteiger partial charge in [0.1, 0.15) is 15.7 Å². The summed E-state index contributed by atoms with van der Waals surface area (Å²) in [5.74, 6) is -2.68. The number of hydrogen-bond acceptors (Lipinski definition) is 6. The van der Waals surface area contributed by atoms with Crippen molar-refractivity contribution in [2.24, 2.45) is 16.8 Å². The van der Waals surface area contributed by atoms with E-state index in [1.165, 1.54) is 19.0 Å². The van der Waals surface area contributed by atoms with Crippen LogP contribution in [0.25, 0.3) is 0 Å². The van der Waals surface area contributed by atoms with Crippen LogP contribution in [0.4, 0.5) is 13.2 Å². The van der Waals surface area contributed by atoms with E-state index >= 15 is 0 Å². The average Bonchev–Trinajstić information content (AvgIpc) is 2.59. The molecule has 31 heavy (non-hydrogen) atoms. The highest BCUT2D eigenvalue weighted by molar-refractivity contribution is 7.94. The molecule has 0 aromatic heterocycles. The lowest BCUT2D eigenvalue weighted by Gasteiger charge is -2.30. The molecular weight excluding hydrogens is 457 g/mol. The van der Waals surface area contributed by atoms with E-state index in [9.17, 15) is 30.0 Å². The van der Waals surface area contributed by atoms with Gasteiger partial charge in [-0.2, -0.15) is 13.2 Å². The summed E-state index contributed by atoms with van der Waals surface area (Å²) in [5.41, 5.74) is 4.02. The van der Waals surface area contributed by atoms with E-state index in [0.717, 1.165) is 44.4 Å². The van der Waals surface area contributed by atoms with Crippen LogP contribution in [-0.4, -0.2) is 48.6 Å². The highest BCUT2D eigenvalue weighted by Gasteiger charge is 2.51. The number of nitrogens with two attached hydrogens (primary N) is 2. The molecule has 1 aliphatic carbocycles. The number of allylic oxidation sites excluding steroid dienone is 3. The number of sulfonamides is 2. The van der Waals surface area contributed by atoms with E-state index in [1.807, 2.05) is 0 Å².